The smallest absolute Gasteiger partial charge is 0.114 e. The molecule has 0 fully saturated rings. The maximum Gasteiger partial charge on any atom is 0.114 e. The second-order valence-electron chi connectivity index (χ2n) is 4.19. The summed E-state index contributed by atoms with van der Waals surface area (Å²) in [5, 5.41) is 2.16. The Morgan fingerprint density at radius 3 is 2.53 bits per heavy atom. The highest BCUT2D eigenvalue weighted by Crippen LogP contribution is 2.32. The van der Waals surface area contributed by atoms with Gasteiger partial charge in [-0.15, -0.1) is 11.3 Å². The molecule has 1 heterocycles. The summed E-state index contributed by atoms with van der Waals surface area (Å²) in [4.78, 5) is 1.48. The highest BCUT2D eigenvalue weighted by Gasteiger charge is 2.14. The van der Waals surface area contributed by atoms with Gasteiger partial charge in [0.1, 0.15) is 5.76 Å². The first kappa shape index (κ1) is 14.0. The number of allylic oxidation sites excluding steroid dienone is 3. The number of rotatable bonds is 2. The molecule has 1 unspecified atom stereocenters. The Labute approximate surface area is 109 Å². The van der Waals surface area contributed by atoms with Gasteiger partial charge in [-0.25, -0.2) is 0 Å². The predicted octanol–water partition coefficient (Wildman–Crippen LogP) is 5.05. The van der Waals surface area contributed by atoms with Crippen molar-refractivity contribution in [3.63, 3.8) is 0 Å². The second-order valence-corrected chi connectivity index (χ2v) is 5.13. The number of ether oxygens (including phenoxy) is 1. The lowest BCUT2D eigenvalue weighted by molar-refractivity contribution is 0.303. The second kappa shape index (κ2) is 7.33. The minimum Gasteiger partial charge on any atom is -0.497 e. The zero-order valence-electron chi connectivity index (χ0n) is 11.2. The summed E-state index contributed by atoms with van der Waals surface area (Å²) < 4.78 is 5.16. The molecular formula is C15H22OS. The van der Waals surface area contributed by atoms with Crippen LogP contribution >= 0.6 is 11.3 Å². The van der Waals surface area contributed by atoms with E-state index in [0.717, 1.165) is 12.2 Å². The lowest BCUT2D eigenvalue weighted by Gasteiger charge is -2.15. The maximum atomic E-state index is 5.16. The molecule has 94 valence electrons. The van der Waals surface area contributed by atoms with Gasteiger partial charge in [0.2, 0.25) is 0 Å². The minimum absolute atomic E-state index is 0.550. The summed E-state index contributed by atoms with van der Waals surface area (Å²) in [5.41, 5.74) is 1.40. The van der Waals surface area contributed by atoms with E-state index in [2.05, 4.69) is 50.4 Å². The Kier molecular flexibility index (Phi) is 6.06. The zero-order valence-corrected chi connectivity index (χ0v) is 12.0. The SMILES string of the molecule is CCC.COC1=CCC(c2sccc2C)C=C1. The fraction of sp³-hybridized carbons (Fsp3) is 0.467. The largest absolute Gasteiger partial charge is 0.497 e. The van der Waals surface area contributed by atoms with E-state index in [9.17, 15) is 0 Å². The summed E-state index contributed by atoms with van der Waals surface area (Å²) >= 11 is 1.84. The molecule has 1 aliphatic rings. The van der Waals surface area contributed by atoms with E-state index < -0.39 is 0 Å². The third kappa shape index (κ3) is 4.04. The average Bonchev–Trinajstić information content (AvgIpc) is 2.77. The van der Waals surface area contributed by atoms with Crippen LogP contribution in [0.2, 0.25) is 0 Å². The monoisotopic (exact) mass is 250 g/mol. The van der Waals surface area contributed by atoms with Crippen LogP contribution in [0.1, 0.15) is 43.0 Å². The Hall–Kier alpha value is -1.02. The summed E-state index contributed by atoms with van der Waals surface area (Å²) in [6.45, 7) is 6.43. The third-order valence-corrected chi connectivity index (χ3v) is 3.69. The first-order chi connectivity index (χ1) is 8.22. The van der Waals surface area contributed by atoms with Crippen molar-refractivity contribution in [3.8, 4) is 0 Å². The van der Waals surface area contributed by atoms with Gasteiger partial charge in [0, 0.05) is 10.8 Å². The van der Waals surface area contributed by atoms with Gasteiger partial charge in [-0.3, -0.25) is 0 Å². The van der Waals surface area contributed by atoms with Crippen LogP contribution in [0.15, 0.2) is 35.4 Å². The molecule has 1 aromatic heterocycles. The molecule has 0 radical (unpaired) electrons. The van der Waals surface area contributed by atoms with Gasteiger partial charge < -0.3 is 4.74 Å². The Morgan fingerprint density at radius 1 is 1.41 bits per heavy atom. The normalized spacial score (nSPS) is 18.1. The van der Waals surface area contributed by atoms with E-state index in [1.807, 2.05) is 11.3 Å². The van der Waals surface area contributed by atoms with E-state index in [-0.39, 0.29) is 0 Å². The molecule has 0 aliphatic heterocycles. The van der Waals surface area contributed by atoms with Crippen molar-refractivity contribution in [3.05, 3.63) is 45.9 Å². The number of hydrogen-bond donors (Lipinski definition) is 0. The van der Waals surface area contributed by atoms with E-state index in [4.69, 9.17) is 4.74 Å². The summed E-state index contributed by atoms with van der Waals surface area (Å²) in [6.07, 6.45) is 8.76. The third-order valence-electron chi connectivity index (χ3n) is 2.54. The van der Waals surface area contributed by atoms with Crippen molar-refractivity contribution in [2.45, 2.75) is 39.5 Å². The summed E-state index contributed by atoms with van der Waals surface area (Å²) in [5.74, 6) is 1.53. The topological polar surface area (TPSA) is 9.23 Å². The molecule has 1 atom stereocenters. The van der Waals surface area contributed by atoms with Gasteiger partial charge in [-0.05, 0) is 42.5 Å². The number of hydrogen-bond acceptors (Lipinski definition) is 2. The molecule has 0 bridgehead atoms. The van der Waals surface area contributed by atoms with Crippen molar-refractivity contribution in [1.29, 1.82) is 0 Å². The van der Waals surface area contributed by atoms with Gasteiger partial charge in [0.05, 0.1) is 7.11 Å². The quantitative estimate of drug-likeness (QED) is 0.714. The van der Waals surface area contributed by atoms with Crippen molar-refractivity contribution >= 4 is 11.3 Å². The van der Waals surface area contributed by atoms with Crippen LogP contribution in [0.3, 0.4) is 0 Å². The van der Waals surface area contributed by atoms with Crippen LogP contribution in [0, 0.1) is 6.92 Å². The standard InChI is InChI=1S/C12H14OS.C3H8/c1-9-7-8-14-12(9)10-3-5-11(13-2)6-4-10;1-3-2/h3,5-8,10H,4H2,1-2H3;3H2,1-2H3. The Bertz CT molecular complexity index is 387. The molecule has 1 aromatic rings. The van der Waals surface area contributed by atoms with Crippen molar-refractivity contribution in [2.24, 2.45) is 0 Å². The van der Waals surface area contributed by atoms with Crippen LogP contribution in [0.25, 0.3) is 0 Å². The molecular weight excluding hydrogens is 228 g/mol. The van der Waals surface area contributed by atoms with Gasteiger partial charge in [0.15, 0.2) is 0 Å². The van der Waals surface area contributed by atoms with Crippen LogP contribution < -0.4 is 0 Å². The first-order valence-electron chi connectivity index (χ1n) is 6.19. The minimum atomic E-state index is 0.550. The number of methoxy groups -OCH3 is 1. The van der Waals surface area contributed by atoms with Crippen molar-refractivity contribution < 1.29 is 4.74 Å². The Balaban J connectivity index is 0.000000437. The van der Waals surface area contributed by atoms with Crippen LogP contribution in [-0.2, 0) is 4.74 Å². The van der Waals surface area contributed by atoms with Gasteiger partial charge in [-0.2, -0.15) is 0 Å². The van der Waals surface area contributed by atoms with E-state index in [1.165, 1.54) is 16.9 Å². The highest BCUT2D eigenvalue weighted by atomic mass is 32.1. The summed E-state index contributed by atoms with van der Waals surface area (Å²) in [7, 11) is 1.72. The average molecular weight is 250 g/mol. The molecule has 0 aromatic carbocycles. The van der Waals surface area contributed by atoms with Crippen molar-refractivity contribution in [1.82, 2.24) is 0 Å². The maximum absolute atomic E-state index is 5.16. The van der Waals surface area contributed by atoms with Crippen LogP contribution in [0.4, 0.5) is 0 Å². The summed E-state index contributed by atoms with van der Waals surface area (Å²) in [6, 6.07) is 2.18. The molecule has 1 aliphatic carbocycles. The van der Waals surface area contributed by atoms with Crippen LogP contribution in [0.5, 0.6) is 0 Å². The molecule has 0 N–H and O–H groups in total. The molecule has 0 spiro atoms. The number of thiophene rings is 1. The Morgan fingerprint density at radius 2 is 2.12 bits per heavy atom. The van der Waals surface area contributed by atoms with Gasteiger partial charge >= 0.3 is 0 Å². The van der Waals surface area contributed by atoms with Crippen molar-refractivity contribution in [2.75, 3.05) is 7.11 Å². The fourth-order valence-electron chi connectivity index (χ4n) is 1.71. The highest BCUT2D eigenvalue weighted by molar-refractivity contribution is 7.10. The molecule has 1 nitrogen and oxygen atoms in total. The molecule has 17 heavy (non-hydrogen) atoms. The first-order valence-corrected chi connectivity index (χ1v) is 7.07. The van der Waals surface area contributed by atoms with Crippen LogP contribution in [-0.4, -0.2) is 7.11 Å². The molecule has 0 saturated heterocycles. The van der Waals surface area contributed by atoms with E-state index >= 15 is 0 Å². The predicted molar refractivity (Wildman–Crippen MR) is 76.6 cm³/mol. The van der Waals surface area contributed by atoms with Gasteiger partial charge in [0.25, 0.3) is 0 Å². The molecule has 2 rings (SSSR count). The van der Waals surface area contributed by atoms with E-state index in [0.29, 0.717) is 5.92 Å². The van der Waals surface area contributed by atoms with E-state index in [1.54, 1.807) is 7.11 Å². The number of aryl methyl sites for hydroxylation is 1. The lowest BCUT2D eigenvalue weighted by Crippen LogP contribution is -1.98. The zero-order chi connectivity index (χ0) is 12.7. The fourth-order valence-corrected chi connectivity index (χ4v) is 2.73. The lowest BCUT2D eigenvalue weighted by atomic mass is 9.96. The molecule has 0 saturated carbocycles. The molecule has 2 heteroatoms. The molecule has 0 amide bonds. The van der Waals surface area contributed by atoms with Gasteiger partial charge in [-0.1, -0.05) is 26.3 Å².